The summed E-state index contributed by atoms with van der Waals surface area (Å²) in [6.45, 7) is 5.43. The van der Waals surface area contributed by atoms with Gasteiger partial charge in [0.1, 0.15) is 0 Å². The average Bonchev–Trinajstić information content (AvgIpc) is 2.96. The largest absolute Gasteiger partial charge is 0.306 e. The van der Waals surface area contributed by atoms with E-state index in [1.807, 2.05) is 11.3 Å². The summed E-state index contributed by atoms with van der Waals surface area (Å²) in [4.78, 5) is 3.13. The van der Waals surface area contributed by atoms with Crippen LogP contribution in [0.15, 0.2) is 30.3 Å². The maximum atomic E-state index is 3.69. The van der Waals surface area contributed by atoms with Crippen LogP contribution in [0.25, 0.3) is 0 Å². The van der Waals surface area contributed by atoms with E-state index < -0.39 is 0 Å². The summed E-state index contributed by atoms with van der Waals surface area (Å²) in [5.74, 6) is 0. The summed E-state index contributed by atoms with van der Waals surface area (Å²) in [7, 11) is 0. The van der Waals surface area contributed by atoms with Crippen molar-refractivity contribution in [2.45, 2.75) is 52.0 Å². The van der Waals surface area contributed by atoms with Gasteiger partial charge in [0.25, 0.3) is 0 Å². The van der Waals surface area contributed by atoms with Crippen molar-refractivity contribution in [3.05, 3.63) is 56.8 Å². The second-order valence-corrected chi connectivity index (χ2v) is 7.06. The molecular formula is C19H25NS. The van der Waals surface area contributed by atoms with Crippen LogP contribution in [0.4, 0.5) is 0 Å². The standard InChI is InChI=1S/C19H25NS/c1-3-14-8-7-10-16(12-14)19(20-4-2)18-13-15-9-5-6-11-17(15)21-18/h7-8,10,12-13,19-20H,3-6,9,11H2,1-2H3. The molecule has 1 aliphatic rings. The Bertz CT molecular complexity index is 576. The first-order valence-corrected chi connectivity index (χ1v) is 9.07. The van der Waals surface area contributed by atoms with Crippen LogP contribution in [-0.2, 0) is 19.3 Å². The topological polar surface area (TPSA) is 12.0 Å². The van der Waals surface area contributed by atoms with Gasteiger partial charge in [-0.15, -0.1) is 11.3 Å². The third kappa shape index (κ3) is 3.22. The van der Waals surface area contributed by atoms with E-state index in [0.717, 1.165) is 13.0 Å². The van der Waals surface area contributed by atoms with E-state index in [1.54, 1.807) is 10.4 Å². The third-order valence-electron chi connectivity index (χ3n) is 4.40. The van der Waals surface area contributed by atoms with E-state index in [2.05, 4.69) is 49.5 Å². The van der Waals surface area contributed by atoms with Crippen LogP contribution in [-0.4, -0.2) is 6.54 Å². The lowest BCUT2D eigenvalue weighted by Gasteiger charge is -2.17. The lowest BCUT2D eigenvalue weighted by atomic mass is 9.97. The van der Waals surface area contributed by atoms with E-state index in [-0.39, 0.29) is 0 Å². The summed E-state index contributed by atoms with van der Waals surface area (Å²) >= 11 is 2.03. The first kappa shape index (κ1) is 14.8. The van der Waals surface area contributed by atoms with Gasteiger partial charge in [-0.3, -0.25) is 0 Å². The molecule has 0 fully saturated rings. The molecule has 1 heterocycles. The average molecular weight is 299 g/mol. The molecule has 1 aromatic carbocycles. The summed E-state index contributed by atoms with van der Waals surface area (Å²) in [5.41, 5.74) is 4.45. The summed E-state index contributed by atoms with van der Waals surface area (Å²) in [6.07, 6.45) is 6.39. The Morgan fingerprint density at radius 3 is 2.76 bits per heavy atom. The van der Waals surface area contributed by atoms with Gasteiger partial charge in [-0.1, -0.05) is 38.1 Å². The first-order chi connectivity index (χ1) is 10.3. The molecule has 3 rings (SSSR count). The van der Waals surface area contributed by atoms with Crippen LogP contribution in [0, 0.1) is 0 Å². The molecule has 112 valence electrons. The molecule has 0 radical (unpaired) electrons. The van der Waals surface area contributed by atoms with Gasteiger partial charge in [-0.05, 0) is 61.4 Å². The van der Waals surface area contributed by atoms with E-state index in [9.17, 15) is 0 Å². The molecule has 0 saturated carbocycles. The molecule has 1 N–H and O–H groups in total. The smallest absolute Gasteiger partial charge is 0.0671 e. The number of nitrogens with one attached hydrogen (secondary N) is 1. The van der Waals surface area contributed by atoms with Crippen molar-refractivity contribution in [2.75, 3.05) is 6.54 Å². The van der Waals surface area contributed by atoms with Crippen molar-refractivity contribution in [3.63, 3.8) is 0 Å². The molecule has 1 nitrogen and oxygen atoms in total. The molecule has 2 aromatic rings. The van der Waals surface area contributed by atoms with Crippen LogP contribution >= 0.6 is 11.3 Å². The molecule has 0 spiro atoms. The van der Waals surface area contributed by atoms with Gasteiger partial charge in [0.2, 0.25) is 0 Å². The number of hydrogen-bond acceptors (Lipinski definition) is 2. The molecule has 1 aliphatic carbocycles. The van der Waals surface area contributed by atoms with Crippen molar-refractivity contribution in [3.8, 4) is 0 Å². The van der Waals surface area contributed by atoms with Crippen LogP contribution in [0.1, 0.15) is 59.2 Å². The highest BCUT2D eigenvalue weighted by Crippen LogP contribution is 2.35. The first-order valence-electron chi connectivity index (χ1n) is 8.25. The fourth-order valence-corrected chi connectivity index (χ4v) is 4.60. The SMILES string of the molecule is CCNC(c1cccc(CC)c1)c1cc2c(s1)CCCC2. The van der Waals surface area contributed by atoms with Gasteiger partial charge < -0.3 is 5.32 Å². The highest BCUT2D eigenvalue weighted by atomic mass is 32.1. The zero-order valence-electron chi connectivity index (χ0n) is 13.1. The molecule has 0 saturated heterocycles. The monoisotopic (exact) mass is 299 g/mol. The molecule has 1 atom stereocenters. The number of thiophene rings is 1. The van der Waals surface area contributed by atoms with Gasteiger partial charge in [0, 0.05) is 9.75 Å². The minimum absolute atomic E-state index is 0.358. The Hall–Kier alpha value is -1.12. The fraction of sp³-hybridized carbons (Fsp3) is 0.474. The minimum Gasteiger partial charge on any atom is -0.306 e. The van der Waals surface area contributed by atoms with E-state index in [0.29, 0.717) is 6.04 Å². The third-order valence-corrected chi connectivity index (χ3v) is 5.70. The van der Waals surface area contributed by atoms with Crippen molar-refractivity contribution < 1.29 is 0 Å². The Labute approximate surface area is 132 Å². The zero-order valence-corrected chi connectivity index (χ0v) is 13.9. The summed E-state index contributed by atoms with van der Waals surface area (Å²) in [5, 5.41) is 3.69. The van der Waals surface area contributed by atoms with Gasteiger partial charge in [0.15, 0.2) is 0 Å². The number of hydrogen-bond donors (Lipinski definition) is 1. The van der Waals surface area contributed by atoms with Crippen molar-refractivity contribution in [2.24, 2.45) is 0 Å². The van der Waals surface area contributed by atoms with Gasteiger partial charge >= 0.3 is 0 Å². The van der Waals surface area contributed by atoms with E-state index in [4.69, 9.17) is 0 Å². The molecule has 1 aromatic heterocycles. The second kappa shape index (κ2) is 6.76. The number of aryl methyl sites for hydroxylation is 3. The predicted octanol–water partition coefficient (Wildman–Crippen LogP) is 4.89. The Kier molecular flexibility index (Phi) is 4.77. The molecular weight excluding hydrogens is 274 g/mol. The summed E-state index contributed by atoms with van der Waals surface area (Å²) < 4.78 is 0. The van der Waals surface area contributed by atoms with Gasteiger partial charge in [-0.25, -0.2) is 0 Å². The molecule has 0 amide bonds. The Balaban J connectivity index is 1.94. The van der Waals surface area contributed by atoms with Crippen molar-refractivity contribution in [1.82, 2.24) is 5.32 Å². The molecule has 2 heteroatoms. The molecule has 1 unspecified atom stereocenters. The zero-order chi connectivity index (χ0) is 14.7. The van der Waals surface area contributed by atoms with Gasteiger partial charge in [0.05, 0.1) is 6.04 Å². The number of fused-ring (bicyclic) bond motifs is 1. The maximum Gasteiger partial charge on any atom is 0.0671 e. The number of rotatable bonds is 5. The lowest BCUT2D eigenvalue weighted by Crippen LogP contribution is -2.21. The quantitative estimate of drug-likeness (QED) is 0.829. The maximum absolute atomic E-state index is 3.69. The van der Waals surface area contributed by atoms with Crippen molar-refractivity contribution >= 4 is 11.3 Å². The molecule has 0 bridgehead atoms. The fourth-order valence-electron chi connectivity index (χ4n) is 3.24. The lowest BCUT2D eigenvalue weighted by molar-refractivity contribution is 0.638. The van der Waals surface area contributed by atoms with Crippen molar-refractivity contribution in [1.29, 1.82) is 0 Å². The van der Waals surface area contributed by atoms with Crippen LogP contribution in [0.5, 0.6) is 0 Å². The highest BCUT2D eigenvalue weighted by Gasteiger charge is 2.20. The number of benzene rings is 1. The molecule has 21 heavy (non-hydrogen) atoms. The Morgan fingerprint density at radius 2 is 2.00 bits per heavy atom. The minimum atomic E-state index is 0.358. The van der Waals surface area contributed by atoms with E-state index in [1.165, 1.54) is 41.7 Å². The van der Waals surface area contributed by atoms with Crippen LogP contribution < -0.4 is 5.32 Å². The normalized spacial score (nSPS) is 15.7. The van der Waals surface area contributed by atoms with Crippen LogP contribution in [0.2, 0.25) is 0 Å². The highest BCUT2D eigenvalue weighted by molar-refractivity contribution is 7.12. The summed E-state index contributed by atoms with van der Waals surface area (Å²) in [6, 6.07) is 11.9. The molecule has 0 aliphatic heterocycles. The van der Waals surface area contributed by atoms with E-state index >= 15 is 0 Å². The van der Waals surface area contributed by atoms with Crippen LogP contribution in [0.3, 0.4) is 0 Å². The second-order valence-electron chi connectivity index (χ2n) is 5.89. The van der Waals surface area contributed by atoms with Gasteiger partial charge in [-0.2, -0.15) is 0 Å². The predicted molar refractivity (Wildman–Crippen MR) is 92.3 cm³/mol. The Morgan fingerprint density at radius 1 is 1.14 bits per heavy atom.